The number of benzene rings is 1. The standard InChI is InChI=1S/C13H21NO/c1-4-14(9-10-15-5-2)13-8-6-7-12(3)11-13/h6-8,11H,4-5,9-10H2,1-3H3. The van der Waals surface area contributed by atoms with Crippen molar-refractivity contribution in [1.29, 1.82) is 0 Å². The van der Waals surface area contributed by atoms with Gasteiger partial charge in [-0.2, -0.15) is 0 Å². The quantitative estimate of drug-likeness (QED) is 0.665. The monoisotopic (exact) mass is 207 g/mol. The van der Waals surface area contributed by atoms with Gasteiger partial charge in [0.05, 0.1) is 6.61 Å². The Morgan fingerprint density at radius 1 is 1.27 bits per heavy atom. The van der Waals surface area contributed by atoms with Crippen LogP contribution in [0.2, 0.25) is 0 Å². The van der Waals surface area contributed by atoms with E-state index in [0.717, 1.165) is 26.3 Å². The molecule has 1 aromatic rings. The van der Waals surface area contributed by atoms with Crippen molar-refractivity contribution in [2.75, 3.05) is 31.2 Å². The Hall–Kier alpha value is -1.02. The van der Waals surface area contributed by atoms with Gasteiger partial charge in [0.1, 0.15) is 0 Å². The molecule has 1 aromatic carbocycles. The molecule has 0 N–H and O–H groups in total. The van der Waals surface area contributed by atoms with E-state index in [1.54, 1.807) is 0 Å². The van der Waals surface area contributed by atoms with Gasteiger partial charge in [-0.25, -0.2) is 0 Å². The van der Waals surface area contributed by atoms with Gasteiger partial charge in [-0.15, -0.1) is 0 Å². The van der Waals surface area contributed by atoms with Crippen molar-refractivity contribution in [1.82, 2.24) is 0 Å². The summed E-state index contributed by atoms with van der Waals surface area (Å²) in [5.41, 5.74) is 2.60. The van der Waals surface area contributed by atoms with Gasteiger partial charge in [-0.05, 0) is 38.5 Å². The van der Waals surface area contributed by atoms with Gasteiger partial charge >= 0.3 is 0 Å². The van der Waals surface area contributed by atoms with E-state index in [2.05, 4.69) is 43.0 Å². The van der Waals surface area contributed by atoms with E-state index in [9.17, 15) is 0 Å². The van der Waals surface area contributed by atoms with Gasteiger partial charge in [0, 0.05) is 25.4 Å². The maximum absolute atomic E-state index is 5.38. The summed E-state index contributed by atoms with van der Waals surface area (Å²) in [6, 6.07) is 8.60. The first kappa shape index (κ1) is 12.1. The van der Waals surface area contributed by atoms with Crippen LogP contribution in [0.5, 0.6) is 0 Å². The Kier molecular flexibility index (Phi) is 5.19. The lowest BCUT2D eigenvalue weighted by atomic mass is 10.2. The van der Waals surface area contributed by atoms with E-state index >= 15 is 0 Å². The van der Waals surface area contributed by atoms with Crippen LogP contribution in [0.1, 0.15) is 19.4 Å². The van der Waals surface area contributed by atoms with Crippen molar-refractivity contribution in [3.8, 4) is 0 Å². The first-order valence-electron chi connectivity index (χ1n) is 5.67. The van der Waals surface area contributed by atoms with Crippen molar-refractivity contribution in [2.45, 2.75) is 20.8 Å². The molecule has 0 unspecified atom stereocenters. The van der Waals surface area contributed by atoms with Crippen LogP contribution < -0.4 is 4.90 Å². The van der Waals surface area contributed by atoms with Crippen molar-refractivity contribution < 1.29 is 4.74 Å². The van der Waals surface area contributed by atoms with Crippen molar-refractivity contribution in [3.05, 3.63) is 29.8 Å². The van der Waals surface area contributed by atoms with Crippen LogP contribution in [-0.2, 0) is 4.74 Å². The van der Waals surface area contributed by atoms with Crippen LogP contribution in [0, 0.1) is 6.92 Å². The fraction of sp³-hybridized carbons (Fsp3) is 0.538. The third kappa shape index (κ3) is 3.92. The van der Waals surface area contributed by atoms with Gasteiger partial charge in [0.2, 0.25) is 0 Å². The molecule has 0 atom stereocenters. The topological polar surface area (TPSA) is 12.5 Å². The first-order valence-corrected chi connectivity index (χ1v) is 5.67. The fourth-order valence-corrected chi connectivity index (χ4v) is 1.61. The van der Waals surface area contributed by atoms with Crippen LogP contribution in [0.4, 0.5) is 5.69 Å². The number of likely N-dealkylation sites (N-methyl/N-ethyl adjacent to an activating group) is 1. The van der Waals surface area contributed by atoms with Crippen molar-refractivity contribution >= 4 is 5.69 Å². The Morgan fingerprint density at radius 2 is 2.07 bits per heavy atom. The van der Waals surface area contributed by atoms with Crippen LogP contribution >= 0.6 is 0 Å². The summed E-state index contributed by atoms with van der Waals surface area (Å²) < 4.78 is 5.38. The third-order valence-corrected chi connectivity index (χ3v) is 2.46. The zero-order chi connectivity index (χ0) is 11.1. The Morgan fingerprint density at radius 3 is 2.67 bits per heavy atom. The summed E-state index contributed by atoms with van der Waals surface area (Å²) in [6.07, 6.45) is 0. The lowest BCUT2D eigenvalue weighted by molar-refractivity contribution is 0.154. The van der Waals surface area contributed by atoms with E-state index in [1.165, 1.54) is 11.3 Å². The second-order valence-electron chi connectivity index (χ2n) is 3.62. The molecule has 0 aliphatic heterocycles. The third-order valence-electron chi connectivity index (χ3n) is 2.46. The minimum absolute atomic E-state index is 0.797. The predicted octanol–water partition coefficient (Wildman–Crippen LogP) is 2.86. The smallest absolute Gasteiger partial charge is 0.0641 e. The molecule has 0 bridgehead atoms. The molecule has 0 saturated carbocycles. The maximum Gasteiger partial charge on any atom is 0.0641 e. The van der Waals surface area contributed by atoms with Gasteiger partial charge in [0.25, 0.3) is 0 Å². The van der Waals surface area contributed by atoms with Crippen LogP contribution in [0.3, 0.4) is 0 Å². The molecule has 0 aliphatic carbocycles. The number of anilines is 1. The molecule has 0 saturated heterocycles. The number of aryl methyl sites for hydroxylation is 1. The number of hydrogen-bond donors (Lipinski definition) is 0. The molecule has 0 heterocycles. The molecule has 1 rings (SSSR count). The van der Waals surface area contributed by atoms with Gasteiger partial charge < -0.3 is 9.64 Å². The molecule has 2 heteroatoms. The average molecular weight is 207 g/mol. The minimum atomic E-state index is 0.797. The summed E-state index contributed by atoms with van der Waals surface area (Å²) in [4.78, 5) is 2.34. The van der Waals surface area contributed by atoms with E-state index in [0.29, 0.717) is 0 Å². The van der Waals surface area contributed by atoms with Crippen LogP contribution in [0.25, 0.3) is 0 Å². The second kappa shape index (κ2) is 6.46. The summed E-state index contributed by atoms with van der Waals surface area (Å²) >= 11 is 0. The van der Waals surface area contributed by atoms with E-state index in [1.807, 2.05) is 6.92 Å². The number of ether oxygens (including phenoxy) is 1. The Labute approximate surface area is 92.9 Å². The summed E-state index contributed by atoms with van der Waals surface area (Å²) in [6.45, 7) is 9.92. The highest BCUT2D eigenvalue weighted by atomic mass is 16.5. The highest BCUT2D eigenvalue weighted by Crippen LogP contribution is 2.15. The van der Waals surface area contributed by atoms with Gasteiger partial charge in [0.15, 0.2) is 0 Å². The number of rotatable bonds is 6. The van der Waals surface area contributed by atoms with Crippen molar-refractivity contribution in [2.24, 2.45) is 0 Å². The molecule has 0 spiro atoms. The normalized spacial score (nSPS) is 10.3. The second-order valence-corrected chi connectivity index (χ2v) is 3.62. The molecule has 2 nitrogen and oxygen atoms in total. The van der Waals surface area contributed by atoms with Gasteiger partial charge in [-0.3, -0.25) is 0 Å². The Balaban J connectivity index is 2.57. The fourth-order valence-electron chi connectivity index (χ4n) is 1.61. The SMILES string of the molecule is CCOCCN(CC)c1cccc(C)c1. The molecule has 15 heavy (non-hydrogen) atoms. The minimum Gasteiger partial charge on any atom is -0.380 e. The molecular weight excluding hydrogens is 186 g/mol. The zero-order valence-electron chi connectivity index (χ0n) is 9.99. The van der Waals surface area contributed by atoms with E-state index in [-0.39, 0.29) is 0 Å². The zero-order valence-corrected chi connectivity index (χ0v) is 9.99. The van der Waals surface area contributed by atoms with E-state index in [4.69, 9.17) is 4.74 Å². The first-order chi connectivity index (χ1) is 7.27. The number of nitrogens with zero attached hydrogens (tertiary/aromatic N) is 1. The molecule has 84 valence electrons. The summed E-state index contributed by atoms with van der Waals surface area (Å²) in [7, 11) is 0. The molecular formula is C13H21NO. The average Bonchev–Trinajstić information content (AvgIpc) is 2.24. The lowest BCUT2D eigenvalue weighted by Crippen LogP contribution is -2.27. The molecule has 0 aromatic heterocycles. The van der Waals surface area contributed by atoms with E-state index < -0.39 is 0 Å². The lowest BCUT2D eigenvalue weighted by Gasteiger charge is -2.23. The number of hydrogen-bond acceptors (Lipinski definition) is 2. The van der Waals surface area contributed by atoms with Crippen LogP contribution in [-0.4, -0.2) is 26.3 Å². The largest absolute Gasteiger partial charge is 0.380 e. The molecule has 0 radical (unpaired) electrons. The highest BCUT2D eigenvalue weighted by Gasteiger charge is 2.03. The maximum atomic E-state index is 5.38. The molecule has 0 aliphatic rings. The molecule has 0 amide bonds. The Bertz CT molecular complexity index is 286. The summed E-state index contributed by atoms with van der Waals surface area (Å²) in [5.74, 6) is 0. The summed E-state index contributed by atoms with van der Waals surface area (Å²) in [5, 5.41) is 0. The highest BCUT2D eigenvalue weighted by molar-refractivity contribution is 5.48. The van der Waals surface area contributed by atoms with Crippen molar-refractivity contribution in [3.63, 3.8) is 0 Å². The van der Waals surface area contributed by atoms with Crippen LogP contribution in [0.15, 0.2) is 24.3 Å². The van der Waals surface area contributed by atoms with Gasteiger partial charge in [-0.1, -0.05) is 12.1 Å². The predicted molar refractivity (Wildman–Crippen MR) is 65.6 cm³/mol. The molecule has 0 fully saturated rings.